The zero-order valence-corrected chi connectivity index (χ0v) is 11.9. The highest BCUT2D eigenvalue weighted by Crippen LogP contribution is 2.15. The molecular weight excluding hydrogens is 246 g/mol. The van der Waals surface area contributed by atoms with Gasteiger partial charge in [0.15, 0.2) is 9.84 Å². The van der Waals surface area contributed by atoms with Gasteiger partial charge in [-0.3, -0.25) is 0 Å². The summed E-state index contributed by atoms with van der Waals surface area (Å²) in [5.74, 6) is 0.645. The number of hydrogen-bond donors (Lipinski definition) is 1. The first-order valence-electron chi connectivity index (χ1n) is 6.47. The summed E-state index contributed by atoms with van der Waals surface area (Å²) in [4.78, 5) is 0. The van der Waals surface area contributed by atoms with E-state index in [1.165, 1.54) is 16.7 Å². The minimum absolute atomic E-state index is 0.115. The summed E-state index contributed by atoms with van der Waals surface area (Å²) in [7, 11) is -2.82. The fraction of sp³-hybridized carbons (Fsp3) is 0.571. The Balaban J connectivity index is 1.97. The molecule has 0 bridgehead atoms. The van der Waals surface area contributed by atoms with Crippen LogP contribution < -0.4 is 5.32 Å². The van der Waals surface area contributed by atoms with Gasteiger partial charge >= 0.3 is 0 Å². The van der Waals surface area contributed by atoms with Crippen molar-refractivity contribution in [1.82, 2.24) is 5.32 Å². The molecule has 4 heteroatoms. The van der Waals surface area contributed by atoms with E-state index in [4.69, 9.17) is 0 Å². The lowest BCUT2D eigenvalue weighted by Crippen LogP contribution is -2.39. The summed E-state index contributed by atoms with van der Waals surface area (Å²) < 4.78 is 23.1. The molecule has 1 atom stereocenters. The predicted molar refractivity (Wildman–Crippen MR) is 74.4 cm³/mol. The van der Waals surface area contributed by atoms with Gasteiger partial charge in [-0.25, -0.2) is 8.42 Å². The molecule has 100 valence electrons. The van der Waals surface area contributed by atoms with Crippen LogP contribution >= 0.6 is 0 Å². The van der Waals surface area contributed by atoms with Crippen molar-refractivity contribution in [2.75, 3.05) is 11.5 Å². The topological polar surface area (TPSA) is 46.2 Å². The van der Waals surface area contributed by atoms with Gasteiger partial charge in [-0.15, -0.1) is 0 Å². The van der Waals surface area contributed by atoms with Crippen LogP contribution in [0.4, 0.5) is 0 Å². The summed E-state index contributed by atoms with van der Waals surface area (Å²) in [6.07, 6.45) is 1.75. The maximum Gasteiger partial charge on any atom is 0.151 e. The molecule has 1 aliphatic heterocycles. The number of benzene rings is 1. The molecule has 0 aromatic heterocycles. The van der Waals surface area contributed by atoms with Gasteiger partial charge in [0.05, 0.1) is 11.5 Å². The lowest BCUT2D eigenvalue weighted by atomic mass is 10.0. The van der Waals surface area contributed by atoms with Crippen molar-refractivity contribution in [3.05, 3.63) is 34.9 Å². The summed E-state index contributed by atoms with van der Waals surface area (Å²) in [6, 6.07) is 6.37. The molecular formula is C14H21NO2S. The second kappa shape index (κ2) is 5.41. The van der Waals surface area contributed by atoms with Gasteiger partial charge in [-0.1, -0.05) is 18.2 Å². The molecule has 3 nitrogen and oxygen atoms in total. The quantitative estimate of drug-likeness (QED) is 0.911. The van der Waals surface area contributed by atoms with Crippen LogP contribution in [0.1, 0.15) is 29.5 Å². The fourth-order valence-corrected chi connectivity index (χ4v) is 4.11. The van der Waals surface area contributed by atoms with E-state index in [9.17, 15) is 8.42 Å². The molecule has 0 saturated carbocycles. The number of rotatable bonds is 3. The third-order valence-corrected chi connectivity index (χ3v) is 5.58. The van der Waals surface area contributed by atoms with Crippen molar-refractivity contribution >= 4 is 9.84 Å². The van der Waals surface area contributed by atoms with Crippen molar-refractivity contribution < 1.29 is 8.42 Å². The summed E-state index contributed by atoms with van der Waals surface area (Å²) in [5, 5.41) is 3.38. The lowest BCUT2D eigenvalue weighted by molar-refractivity contribution is 0.479. The zero-order valence-electron chi connectivity index (χ0n) is 11.1. The highest BCUT2D eigenvalue weighted by Gasteiger charge is 2.24. The Kier molecular flexibility index (Phi) is 4.07. The minimum atomic E-state index is -2.82. The maximum absolute atomic E-state index is 11.6. The van der Waals surface area contributed by atoms with E-state index in [1.54, 1.807) is 0 Å². The van der Waals surface area contributed by atoms with E-state index < -0.39 is 9.84 Å². The second-order valence-electron chi connectivity index (χ2n) is 5.19. The number of sulfone groups is 1. The zero-order chi connectivity index (χ0) is 13.2. The maximum atomic E-state index is 11.6. The normalized spacial score (nSPS) is 22.9. The van der Waals surface area contributed by atoms with Crippen LogP contribution in [0.5, 0.6) is 0 Å². The van der Waals surface area contributed by atoms with Gasteiger partial charge < -0.3 is 5.32 Å². The number of aryl methyl sites for hydroxylation is 1. The average Bonchev–Trinajstić information content (AvgIpc) is 2.30. The minimum Gasteiger partial charge on any atom is -0.309 e. The lowest BCUT2D eigenvalue weighted by Gasteiger charge is -2.23. The monoisotopic (exact) mass is 267 g/mol. The smallest absolute Gasteiger partial charge is 0.151 e. The Morgan fingerprint density at radius 1 is 1.33 bits per heavy atom. The average molecular weight is 267 g/mol. The highest BCUT2D eigenvalue weighted by molar-refractivity contribution is 7.91. The van der Waals surface area contributed by atoms with Crippen LogP contribution in [0.3, 0.4) is 0 Å². The summed E-state index contributed by atoms with van der Waals surface area (Å²) >= 11 is 0. The van der Waals surface area contributed by atoms with Crippen molar-refractivity contribution in [1.29, 1.82) is 0 Å². The molecule has 0 spiro atoms. The second-order valence-corrected chi connectivity index (χ2v) is 7.42. The molecule has 1 aliphatic rings. The van der Waals surface area contributed by atoms with Gasteiger partial charge in [0, 0.05) is 12.6 Å². The molecule has 1 N–H and O–H groups in total. The van der Waals surface area contributed by atoms with Gasteiger partial charge in [-0.05, 0) is 43.4 Å². The van der Waals surface area contributed by atoms with Gasteiger partial charge in [0.2, 0.25) is 0 Å². The Morgan fingerprint density at radius 2 is 2.11 bits per heavy atom. The van der Waals surface area contributed by atoms with E-state index in [-0.39, 0.29) is 11.8 Å². The standard InChI is InChI=1S/C14H21NO2S/c1-11-5-3-6-13(12(11)2)9-15-14-7-4-8-18(16,17)10-14/h3,5-6,14-15H,4,7-10H2,1-2H3. The molecule has 1 fully saturated rings. The fourth-order valence-electron chi connectivity index (χ4n) is 2.44. The molecule has 18 heavy (non-hydrogen) atoms. The van der Waals surface area contributed by atoms with Crippen molar-refractivity contribution in [2.24, 2.45) is 0 Å². The van der Waals surface area contributed by atoms with E-state index in [2.05, 4.69) is 37.4 Å². The molecule has 1 heterocycles. The number of hydrogen-bond acceptors (Lipinski definition) is 3. The Bertz CT molecular complexity index is 523. The Hall–Kier alpha value is -0.870. The highest BCUT2D eigenvalue weighted by atomic mass is 32.2. The van der Waals surface area contributed by atoms with Crippen molar-refractivity contribution in [2.45, 2.75) is 39.3 Å². The van der Waals surface area contributed by atoms with Crippen LogP contribution in [0.2, 0.25) is 0 Å². The van der Waals surface area contributed by atoms with Crippen LogP contribution in [0.25, 0.3) is 0 Å². The van der Waals surface area contributed by atoms with E-state index in [1.807, 2.05) is 0 Å². The first-order chi connectivity index (χ1) is 8.48. The van der Waals surface area contributed by atoms with Crippen LogP contribution in [-0.2, 0) is 16.4 Å². The van der Waals surface area contributed by atoms with Gasteiger partial charge in [0.1, 0.15) is 0 Å². The summed E-state index contributed by atoms with van der Waals surface area (Å²) in [5.41, 5.74) is 3.84. The Labute approximate surface area is 110 Å². The van der Waals surface area contributed by atoms with Crippen LogP contribution in [0, 0.1) is 13.8 Å². The van der Waals surface area contributed by atoms with Crippen LogP contribution in [-0.4, -0.2) is 26.0 Å². The largest absolute Gasteiger partial charge is 0.309 e. The number of nitrogens with one attached hydrogen (secondary N) is 1. The third-order valence-electron chi connectivity index (χ3n) is 3.76. The molecule has 1 unspecified atom stereocenters. The van der Waals surface area contributed by atoms with E-state index in [0.717, 1.165) is 19.4 Å². The first kappa shape index (κ1) is 13.6. The molecule has 0 amide bonds. The van der Waals surface area contributed by atoms with Gasteiger partial charge in [-0.2, -0.15) is 0 Å². The SMILES string of the molecule is Cc1cccc(CNC2CCCS(=O)(=O)C2)c1C. The molecule has 0 radical (unpaired) electrons. The summed E-state index contributed by atoms with van der Waals surface area (Å²) in [6.45, 7) is 4.97. The molecule has 1 aromatic rings. The molecule has 1 saturated heterocycles. The Morgan fingerprint density at radius 3 is 2.83 bits per heavy atom. The predicted octanol–water partition coefficient (Wildman–Crippen LogP) is 1.97. The van der Waals surface area contributed by atoms with Gasteiger partial charge in [0.25, 0.3) is 0 Å². The molecule has 1 aromatic carbocycles. The van der Waals surface area contributed by atoms with Crippen molar-refractivity contribution in [3.8, 4) is 0 Å². The first-order valence-corrected chi connectivity index (χ1v) is 8.29. The van der Waals surface area contributed by atoms with Crippen LogP contribution in [0.15, 0.2) is 18.2 Å². The third kappa shape index (κ3) is 3.33. The van der Waals surface area contributed by atoms with E-state index >= 15 is 0 Å². The van der Waals surface area contributed by atoms with E-state index in [0.29, 0.717) is 5.75 Å². The molecule has 0 aliphatic carbocycles. The van der Waals surface area contributed by atoms with Crippen molar-refractivity contribution in [3.63, 3.8) is 0 Å². The molecule has 2 rings (SSSR count).